The Morgan fingerprint density at radius 2 is 2.37 bits per heavy atom. The number of hydrogen-bond acceptors (Lipinski definition) is 4. The smallest absolute Gasteiger partial charge is 0.256 e. The van der Waals surface area contributed by atoms with Crippen LogP contribution in [0.2, 0.25) is 0 Å². The SMILES string of the molecule is C=C1C=C(C)n2ncc(C(=O)NCCCCO)c2N1. The monoisotopic (exact) mass is 262 g/mol. The second-order valence-electron chi connectivity index (χ2n) is 4.44. The van der Waals surface area contributed by atoms with E-state index in [0.29, 0.717) is 24.3 Å². The number of aromatic nitrogens is 2. The number of allylic oxidation sites excluding steroid dienone is 2. The molecule has 6 heteroatoms. The van der Waals surface area contributed by atoms with E-state index in [2.05, 4.69) is 22.3 Å². The van der Waals surface area contributed by atoms with Crippen molar-refractivity contribution in [3.63, 3.8) is 0 Å². The first-order chi connectivity index (χ1) is 9.13. The molecule has 19 heavy (non-hydrogen) atoms. The summed E-state index contributed by atoms with van der Waals surface area (Å²) in [6.45, 7) is 6.43. The third-order valence-electron chi connectivity index (χ3n) is 2.88. The van der Waals surface area contributed by atoms with Crippen molar-refractivity contribution in [3.8, 4) is 0 Å². The molecule has 3 N–H and O–H groups in total. The van der Waals surface area contributed by atoms with Gasteiger partial charge in [0.2, 0.25) is 0 Å². The van der Waals surface area contributed by atoms with Gasteiger partial charge in [0, 0.05) is 24.5 Å². The van der Waals surface area contributed by atoms with Crippen LogP contribution >= 0.6 is 0 Å². The van der Waals surface area contributed by atoms with E-state index < -0.39 is 0 Å². The molecule has 0 aromatic carbocycles. The number of fused-ring (bicyclic) bond motifs is 1. The van der Waals surface area contributed by atoms with Crippen molar-refractivity contribution in [3.05, 3.63) is 30.1 Å². The summed E-state index contributed by atoms with van der Waals surface area (Å²) in [6.07, 6.45) is 4.84. The highest BCUT2D eigenvalue weighted by atomic mass is 16.2. The van der Waals surface area contributed by atoms with E-state index in [9.17, 15) is 4.79 Å². The number of hydrogen-bond donors (Lipinski definition) is 3. The zero-order chi connectivity index (χ0) is 13.8. The molecule has 102 valence electrons. The molecule has 0 radical (unpaired) electrons. The Bertz CT molecular complexity index is 531. The number of nitrogens with zero attached hydrogens (tertiary/aromatic N) is 2. The summed E-state index contributed by atoms with van der Waals surface area (Å²) in [4.78, 5) is 12.0. The van der Waals surface area contributed by atoms with Crippen LogP contribution in [0.3, 0.4) is 0 Å². The quantitative estimate of drug-likeness (QED) is 0.696. The second-order valence-corrected chi connectivity index (χ2v) is 4.44. The molecule has 2 heterocycles. The third-order valence-corrected chi connectivity index (χ3v) is 2.88. The van der Waals surface area contributed by atoms with Gasteiger partial charge in [0.05, 0.1) is 6.20 Å². The largest absolute Gasteiger partial charge is 0.396 e. The predicted molar refractivity (Wildman–Crippen MR) is 73.6 cm³/mol. The number of carbonyl (C=O) groups is 1. The molecule has 0 atom stereocenters. The number of aliphatic hydroxyl groups is 1. The van der Waals surface area contributed by atoms with E-state index in [4.69, 9.17) is 5.11 Å². The Kier molecular flexibility index (Phi) is 4.01. The van der Waals surface area contributed by atoms with E-state index in [1.807, 2.05) is 13.0 Å². The minimum atomic E-state index is -0.172. The lowest BCUT2D eigenvalue weighted by Gasteiger charge is -2.17. The zero-order valence-corrected chi connectivity index (χ0v) is 10.9. The zero-order valence-electron chi connectivity index (χ0n) is 10.9. The van der Waals surface area contributed by atoms with E-state index in [0.717, 1.165) is 17.8 Å². The normalized spacial score (nSPS) is 13.6. The lowest BCUT2D eigenvalue weighted by atomic mass is 10.2. The first-order valence-corrected chi connectivity index (χ1v) is 6.25. The lowest BCUT2D eigenvalue weighted by Crippen LogP contribution is -2.25. The Morgan fingerprint density at radius 1 is 1.58 bits per heavy atom. The molecule has 0 unspecified atom stereocenters. The summed E-state index contributed by atoms with van der Waals surface area (Å²) in [5.74, 6) is 0.471. The molecule has 0 saturated carbocycles. The molecule has 0 fully saturated rings. The average molecular weight is 262 g/mol. The Morgan fingerprint density at radius 3 is 3.11 bits per heavy atom. The highest BCUT2D eigenvalue weighted by Gasteiger charge is 2.20. The molecule has 0 bridgehead atoms. The maximum atomic E-state index is 12.0. The minimum Gasteiger partial charge on any atom is -0.396 e. The van der Waals surface area contributed by atoms with Crippen LogP contribution in [0.1, 0.15) is 30.1 Å². The fourth-order valence-corrected chi connectivity index (χ4v) is 1.94. The average Bonchev–Trinajstić information content (AvgIpc) is 2.78. The van der Waals surface area contributed by atoms with Gasteiger partial charge in [0.1, 0.15) is 11.4 Å². The third kappa shape index (κ3) is 2.85. The molecule has 1 aliphatic rings. The number of unbranched alkanes of at least 4 members (excludes halogenated alkanes) is 1. The molecular weight excluding hydrogens is 244 g/mol. The maximum absolute atomic E-state index is 12.0. The topological polar surface area (TPSA) is 79.2 Å². The van der Waals surface area contributed by atoms with Gasteiger partial charge < -0.3 is 15.7 Å². The Balaban J connectivity index is 2.08. The molecule has 0 spiro atoms. The minimum absolute atomic E-state index is 0.143. The van der Waals surface area contributed by atoms with E-state index in [1.54, 1.807) is 10.9 Å². The van der Waals surface area contributed by atoms with E-state index in [-0.39, 0.29) is 12.5 Å². The van der Waals surface area contributed by atoms with Crippen molar-refractivity contribution in [1.29, 1.82) is 0 Å². The first kappa shape index (κ1) is 13.4. The molecule has 6 nitrogen and oxygen atoms in total. The van der Waals surface area contributed by atoms with Gasteiger partial charge in [-0.1, -0.05) is 6.58 Å². The van der Waals surface area contributed by atoms with Crippen LogP contribution in [0.25, 0.3) is 5.70 Å². The summed E-state index contributed by atoms with van der Waals surface area (Å²) >= 11 is 0. The molecule has 0 aliphatic carbocycles. The number of amides is 1. The molecule has 1 aromatic heterocycles. The molecular formula is C13H18N4O2. The van der Waals surface area contributed by atoms with Gasteiger partial charge in [-0.2, -0.15) is 5.10 Å². The number of anilines is 1. The summed E-state index contributed by atoms with van der Waals surface area (Å²) in [6, 6.07) is 0. The van der Waals surface area contributed by atoms with Gasteiger partial charge in [0.15, 0.2) is 0 Å². The van der Waals surface area contributed by atoms with Gasteiger partial charge in [-0.05, 0) is 25.8 Å². The molecule has 1 aliphatic heterocycles. The fourth-order valence-electron chi connectivity index (χ4n) is 1.94. The second kappa shape index (κ2) is 5.71. The fraction of sp³-hybridized carbons (Fsp3) is 0.385. The molecule has 0 saturated heterocycles. The number of aliphatic hydroxyl groups excluding tert-OH is 1. The van der Waals surface area contributed by atoms with Crippen LogP contribution < -0.4 is 10.6 Å². The van der Waals surface area contributed by atoms with Crippen molar-refractivity contribution in [2.45, 2.75) is 19.8 Å². The summed E-state index contributed by atoms with van der Waals surface area (Å²) in [7, 11) is 0. The standard InChI is InChI=1S/C13H18N4O2/c1-9-7-10(2)17-12(16-9)11(8-15-17)13(19)14-5-3-4-6-18/h7-8,16,18H,1,3-6H2,2H3,(H,14,19). The van der Waals surface area contributed by atoms with Crippen molar-refractivity contribution in [2.75, 3.05) is 18.5 Å². The van der Waals surface area contributed by atoms with Crippen molar-refractivity contribution in [1.82, 2.24) is 15.1 Å². The highest BCUT2D eigenvalue weighted by molar-refractivity contribution is 5.99. The van der Waals surface area contributed by atoms with Crippen LogP contribution in [0.15, 0.2) is 24.5 Å². The van der Waals surface area contributed by atoms with Gasteiger partial charge >= 0.3 is 0 Å². The first-order valence-electron chi connectivity index (χ1n) is 6.25. The molecule has 1 aromatic rings. The van der Waals surface area contributed by atoms with Gasteiger partial charge in [-0.25, -0.2) is 4.68 Å². The van der Waals surface area contributed by atoms with Crippen LogP contribution in [0.5, 0.6) is 0 Å². The van der Waals surface area contributed by atoms with Crippen molar-refractivity contribution < 1.29 is 9.90 Å². The van der Waals surface area contributed by atoms with Crippen LogP contribution in [-0.2, 0) is 0 Å². The van der Waals surface area contributed by atoms with E-state index in [1.165, 1.54) is 0 Å². The summed E-state index contributed by atoms with van der Waals surface area (Å²) in [5.41, 5.74) is 2.15. The molecule has 2 rings (SSSR count). The van der Waals surface area contributed by atoms with Crippen molar-refractivity contribution in [2.24, 2.45) is 0 Å². The van der Waals surface area contributed by atoms with Crippen molar-refractivity contribution >= 4 is 17.4 Å². The summed E-state index contributed by atoms with van der Waals surface area (Å²) < 4.78 is 1.68. The Hall–Kier alpha value is -2.08. The number of nitrogens with one attached hydrogen (secondary N) is 2. The molecule has 1 amide bonds. The van der Waals surface area contributed by atoms with Gasteiger partial charge in [-0.15, -0.1) is 0 Å². The number of carbonyl (C=O) groups excluding carboxylic acids is 1. The van der Waals surface area contributed by atoms with E-state index >= 15 is 0 Å². The van der Waals surface area contributed by atoms with Crippen LogP contribution in [0, 0.1) is 0 Å². The lowest BCUT2D eigenvalue weighted by molar-refractivity contribution is 0.0953. The predicted octanol–water partition coefficient (Wildman–Crippen LogP) is 1.19. The van der Waals surface area contributed by atoms with Gasteiger partial charge in [-0.3, -0.25) is 4.79 Å². The van der Waals surface area contributed by atoms with Crippen LogP contribution in [0.4, 0.5) is 5.82 Å². The Labute approximate surface area is 111 Å². The highest BCUT2D eigenvalue weighted by Crippen LogP contribution is 2.25. The van der Waals surface area contributed by atoms with Gasteiger partial charge in [0.25, 0.3) is 5.91 Å². The van der Waals surface area contributed by atoms with Crippen LogP contribution in [-0.4, -0.2) is 33.9 Å². The summed E-state index contributed by atoms with van der Waals surface area (Å²) in [5, 5.41) is 18.7. The maximum Gasteiger partial charge on any atom is 0.256 e. The number of rotatable bonds is 5.